The first kappa shape index (κ1) is 19.0. The van der Waals surface area contributed by atoms with Gasteiger partial charge in [-0.2, -0.15) is 0 Å². The van der Waals surface area contributed by atoms with Crippen LogP contribution in [0.5, 0.6) is 0 Å². The summed E-state index contributed by atoms with van der Waals surface area (Å²) in [6.45, 7) is -0.379. The van der Waals surface area contributed by atoms with Crippen molar-refractivity contribution in [1.82, 2.24) is 4.98 Å². The highest BCUT2D eigenvalue weighted by molar-refractivity contribution is 7.13. The molecule has 0 fully saturated rings. The Kier molecular flexibility index (Phi) is 6.18. The molecular weight excluding hydrogens is 368 g/mol. The summed E-state index contributed by atoms with van der Waals surface area (Å²) in [5.74, 6) is -1.33. The van der Waals surface area contributed by atoms with E-state index in [2.05, 4.69) is 21.1 Å². The first-order chi connectivity index (χ1) is 13.0. The highest BCUT2D eigenvalue weighted by Gasteiger charge is 2.14. The zero-order chi connectivity index (χ0) is 19.2. The van der Waals surface area contributed by atoms with Crippen molar-refractivity contribution in [3.8, 4) is 0 Å². The smallest absolute Gasteiger partial charge is 0.311 e. The van der Waals surface area contributed by atoms with Gasteiger partial charge in [-0.1, -0.05) is 18.2 Å². The number of anilines is 1. The summed E-state index contributed by atoms with van der Waals surface area (Å²) in [6, 6.07) is 6.04. The Morgan fingerprint density at radius 1 is 1.15 bits per heavy atom. The molecule has 27 heavy (non-hydrogen) atoms. The fourth-order valence-electron chi connectivity index (χ4n) is 2.92. The van der Waals surface area contributed by atoms with Gasteiger partial charge < -0.3 is 9.47 Å². The molecule has 1 heterocycles. The molecule has 0 radical (unpaired) electrons. The number of nitrogens with zero attached hydrogens (tertiary/aromatic N) is 1. The van der Waals surface area contributed by atoms with Gasteiger partial charge in [-0.25, -0.2) is 4.98 Å². The first-order valence-corrected chi connectivity index (χ1v) is 9.49. The van der Waals surface area contributed by atoms with E-state index in [0.717, 1.165) is 24.8 Å². The van der Waals surface area contributed by atoms with Crippen molar-refractivity contribution in [1.29, 1.82) is 0 Å². The van der Waals surface area contributed by atoms with Crippen LogP contribution in [0.4, 0.5) is 5.13 Å². The van der Waals surface area contributed by atoms with Crippen LogP contribution in [-0.2, 0) is 49.5 Å². The van der Waals surface area contributed by atoms with E-state index in [1.807, 2.05) is 12.1 Å². The zero-order valence-electron chi connectivity index (χ0n) is 14.9. The third-order valence-corrected chi connectivity index (χ3v) is 5.03. The van der Waals surface area contributed by atoms with Crippen LogP contribution >= 0.6 is 11.3 Å². The minimum atomic E-state index is -0.476. The molecule has 1 aromatic carbocycles. The number of aryl methyl sites for hydroxylation is 2. The second-order valence-corrected chi connectivity index (χ2v) is 7.10. The molecule has 1 aliphatic carbocycles. The standard InChI is InChI=1S/C19H20N2O5S/c1-25-17(23)9-15-11-27-19(20-15)21-16(22)10-26-18(24)8-12-5-6-13-3-2-4-14(13)7-12/h5-7,11H,2-4,8-10H2,1H3,(H,20,21,22). The van der Waals surface area contributed by atoms with Gasteiger partial charge in [-0.3, -0.25) is 19.7 Å². The largest absolute Gasteiger partial charge is 0.469 e. The summed E-state index contributed by atoms with van der Waals surface area (Å²) < 4.78 is 9.60. The highest BCUT2D eigenvalue weighted by atomic mass is 32.1. The third kappa shape index (κ3) is 5.37. The number of carbonyl (C=O) groups is 3. The van der Waals surface area contributed by atoms with Gasteiger partial charge in [0.2, 0.25) is 0 Å². The predicted octanol–water partition coefficient (Wildman–Crippen LogP) is 2.07. The number of amides is 1. The second kappa shape index (κ2) is 8.77. The number of methoxy groups -OCH3 is 1. The van der Waals surface area contributed by atoms with Crippen LogP contribution in [0.3, 0.4) is 0 Å². The molecule has 0 aliphatic heterocycles. The van der Waals surface area contributed by atoms with Crippen molar-refractivity contribution in [2.75, 3.05) is 19.0 Å². The normalized spacial score (nSPS) is 12.3. The van der Waals surface area contributed by atoms with E-state index in [1.165, 1.54) is 29.6 Å². The number of esters is 2. The lowest BCUT2D eigenvalue weighted by atomic mass is 10.0. The minimum Gasteiger partial charge on any atom is -0.469 e. The van der Waals surface area contributed by atoms with Crippen molar-refractivity contribution in [2.24, 2.45) is 0 Å². The number of hydrogen-bond acceptors (Lipinski definition) is 7. The molecule has 0 saturated heterocycles. The quantitative estimate of drug-likeness (QED) is 0.730. The van der Waals surface area contributed by atoms with Crippen molar-refractivity contribution >= 4 is 34.3 Å². The third-order valence-electron chi connectivity index (χ3n) is 4.23. The summed E-state index contributed by atoms with van der Waals surface area (Å²) in [7, 11) is 1.30. The fourth-order valence-corrected chi connectivity index (χ4v) is 3.65. The van der Waals surface area contributed by atoms with Crippen LogP contribution in [0, 0.1) is 0 Å². The Labute approximate surface area is 160 Å². The van der Waals surface area contributed by atoms with Crippen LogP contribution < -0.4 is 5.32 Å². The molecule has 0 unspecified atom stereocenters. The van der Waals surface area contributed by atoms with Crippen molar-refractivity contribution in [3.63, 3.8) is 0 Å². The summed E-state index contributed by atoms with van der Waals surface area (Å²) in [4.78, 5) is 39.2. The van der Waals surface area contributed by atoms with Gasteiger partial charge in [0.25, 0.3) is 5.91 Å². The average Bonchev–Trinajstić information content (AvgIpc) is 3.28. The minimum absolute atomic E-state index is 0.0403. The van der Waals surface area contributed by atoms with Crippen molar-refractivity contribution < 1.29 is 23.9 Å². The average molecular weight is 388 g/mol. The lowest BCUT2D eigenvalue weighted by molar-refractivity contribution is -0.146. The molecule has 2 aromatic rings. The number of benzene rings is 1. The van der Waals surface area contributed by atoms with Gasteiger partial charge in [0, 0.05) is 5.38 Å². The van der Waals surface area contributed by atoms with E-state index in [-0.39, 0.29) is 19.4 Å². The maximum Gasteiger partial charge on any atom is 0.311 e. The number of rotatable bonds is 7. The van der Waals surface area contributed by atoms with E-state index >= 15 is 0 Å². The molecule has 1 N–H and O–H groups in total. The van der Waals surface area contributed by atoms with Crippen LogP contribution in [0.1, 0.15) is 28.8 Å². The van der Waals surface area contributed by atoms with Crippen molar-refractivity contribution in [3.05, 3.63) is 46.0 Å². The Balaban J connectivity index is 1.43. The molecular formula is C19H20N2O5S. The van der Waals surface area contributed by atoms with Gasteiger partial charge in [0.05, 0.1) is 25.6 Å². The van der Waals surface area contributed by atoms with Gasteiger partial charge >= 0.3 is 11.9 Å². The summed E-state index contributed by atoms with van der Waals surface area (Å²) >= 11 is 1.19. The number of nitrogens with one attached hydrogen (secondary N) is 1. The molecule has 3 rings (SSSR count). The first-order valence-electron chi connectivity index (χ1n) is 8.61. The molecule has 0 spiro atoms. The number of aromatic nitrogens is 1. The summed E-state index contributed by atoms with van der Waals surface area (Å²) in [5.41, 5.74) is 4.05. The number of thiazole rings is 1. The molecule has 0 bridgehead atoms. The summed E-state index contributed by atoms with van der Waals surface area (Å²) in [6.07, 6.45) is 3.48. The molecule has 7 nitrogen and oxygen atoms in total. The topological polar surface area (TPSA) is 94.6 Å². The Morgan fingerprint density at radius 2 is 1.96 bits per heavy atom. The number of fused-ring (bicyclic) bond motifs is 1. The molecule has 0 saturated carbocycles. The van der Waals surface area contributed by atoms with E-state index < -0.39 is 17.8 Å². The molecule has 1 aliphatic rings. The van der Waals surface area contributed by atoms with E-state index in [1.54, 1.807) is 5.38 Å². The Hall–Kier alpha value is -2.74. The van der Waals surface area contributed by atoms with Crippen LogP contribution in [0.2, 0.25) is 0 Å². The zero-order valence-corrected chi connectivity index (χ0v) is 15.8. The molecule has 142 valence electrons. The number of hydrogen-bond donors (Lipinski definition) is 1. The van der Waals surface area contributed by atoms with Gasteiger partial charge in [0.15, 0.2) is 11.7 Å². The summed E-state index contributed by atoms with van der Waals surface area (Å²) in [5, 5.41) is 4.55. The maximum atomic E-state index is 12.0. The van der Waals surface area contributed by atoms with E-state index in [0.29, 0.717) is 10.8 Å². The molecule has 1 aromatic heterocycles. The lowest BCUT2D eigenvalue weighted by Gasteiger charge is -2.06. The van der Waals surface area contributed by atoms with Crippen LogP contribution in [-0.4, -0.2) is 36.5 Å². The maximum absolute atomic E-state index is 12.0. The molecule has 1 amide bonds. The highest BCUT2D eigenvalue weighted by Crippen LogP contribution is 2.23. The number of carbonyl (C=O) groups excluding carboxylic acids is 3. The Bertz CT molecular complexity index is 862. The van der Waals surface area contributed by atoms with Gasteiger partial charge in [-0.05, 0) is 36.0 Å². The lowest BCUT2D eigenvalue weighted by Crippen LogP contribution is -2.21. The van der Waals surface area contributed by atoms with Gasteiger partial charge in [0.1, 0.15) is 0 Å². The van der Waals surface area contributed by atoms with Crippen LogP contribution in [0.15, 0.2) is 23.6 Å². The van der Waals surface area contributed by atoms with E-state index in [9.17, 15) is 14.4 Å². The second-order valence-electron chi connectivity index (χ2n) is 6.24. The Morgan fingerprint density at radius 3 is 2.78 bits per heavy atom. The molecule has 0 atom stereocenters. The SMILES string of the molecule is COC(=O)Cc1csc(NC(=O)COC(=O)Cc2ccc3c(c2)CCC3)n1. The fraction of sp³-hybridized carbons (Fsp3) is 0.368. The van der Waals surface area contributed by atoms with Crippen molar-refractivity contribution in [2.45, 2.75) is 32.1 Å². The predicted molar refractivity (Wildman–Crippen MR) is 99.6 cm³/mol. The monoisotopic (exact) mass is 388 g/mol. The van der Waals surface area contributed by atoms with Crippen LogP contribution in [0.25, 0.3) is 0 Å². The number of ether oxygens (including phenoxy) is 2. The van der Waals surface area contributed by atoms with E-state index in [4.69, 9.17) is 4.74 Å². The molecule has 8 heteroatoms. The van der Waals surface area contributed by atoms with Gasteiger partial charge in [-0.15, -0.1) is 11.3 Å².